The first-order valence-electron chi connectivity index (χ1n) is 8.77. The van der Waals surface area contributed by atoms with E-state index in [2.05, 4.69) is 32.8 Å². The number of rotatable bonds is 6. The summed E-state index contributed by atoms with van der Waals surface area (Å²) in [6.07, 6.45) is 3.00. The number of piperazine rings is 1. The van der Waals surface area contributed by atoms with Crippen molar-refractivity contribution in [1.82, 2.24) is 14.9 Å². The molecule has 3 rings (SSSR count). The van der Waals surface area contributed by atoms with Crippen LogP contribution in [-0.4, -0.2) is 52.7 Å². The van der Waals surface area contributed by atoms with Crippen LogP contribution >= 0.6 is 0 Å². The van der Waals surface area contributed by atoms with Crippen LogP contribution in [0.15, 0.2) is 42.7 Å². The maximum absolute atomic E-state index is 10.3. The lowest BCUT2D eigenvalue weighted by molar-refractivity contribution is 0.139. The van der Waals surface area contributed by atoms with E-state index in [0.717, 1.165) is 62.6 Å². The van der Waals surface area contributed by atoms with E-state index in [1.807, 2.05) is 30.3 Å². The molecule has 1 fully saturated rings. The van der Waals surface area contributed by atoms with Crippen molar-refractivity contribution in [3.05, 3.63) is 54.0 Å². The molecule has 24 heavy (non-hydrogen) atoms. The quantitative estimate of drug-likeness (QED) is 0.883. The lowest BCUT2D eigenvalue weighted by Crippen LogP contribution is -2.47. The second-order valence-corrected chi connectivity index (χ2v) is 6.26. The van der Waals surface area contributed by atoms with Gasteiger partial charge >= 0.3 is 0 Å². The number of aliphatic hydroxyl groups is 1. The molecule has 0 saturated carbocycles. The van der Waals surface area contributed by atoms with E-state index in [1.165, 1.54) is 0 Å². The van der Waals surface area contributed by atoms with E-state index in [-0.39, 0.29) is 6.10 Å². The van der Waals surface area contributed by atoms with Gasteiger partial charge in [0, 0.05) is 44.5 Å². The van der Waals surface area contributed by atoms with Gasteiger partial charge in [-0.15, -0.1) is 0 Å². The van der Waals surface area contributed by atoms with Crippen molar-refractivity contribution in [1.29, 1.82) is 0 Å². The first kappa shape index (κ1) is 16.9. The summed E-state index contributed by atoms with van der Waals surface area (Å²) in [5.41, 5.74) is 2.10. The van der Waals surface area contributed by atoms with Crippen LogP contribution in [0, 0.1) is 0 Å². The predicted molar refractivity (Wildman–Crippen MR) is 96.1 cm³/mol. The zero-order valence-electron chi connectivity index (χ0n) is 14.3. The number of nitrogens with zero attached hydrogens (tertiary/aromatic N) is 4. The number of aliphatic hydroxyl groups excluding tert-OH is 1. The standard InChI is InChI=1S/C19H26N4O/c1-2-17-14-19(21-15-20-17)23-12-10-22(11-13-23)9-8-18(24)16-6-4-3-5-7-16/h3-7,14-15,18,24H,2,8-13H2,1H3/t18-/m1/s1. The second-order valence-electron chi connectivity index (χ2n) is 6.26. The molecule has 1 aromatic heterocycles. The number of hydrogen-bond donors (Lipinski definition) is 1. The van der Waals surface area contributed by atoms with Gasteiger partial charge in [0.2, 0.25) is 0 Å². The molecule has 5 nitrogen and oxygen atoms in total. The summed E-state index contributed by atoms with van der Waals surface area (Å²) in [6, 6.07) is 12.0. The summed E-state index contributed by atoms with van der Waals surface area (Å²) >= 11 is 0. The van der Waals surface area contributed by atoms with Gasteiger partial charge in [-0.2, -0.15) is 0 Å². The molecule has 1 aliphatic rings. The summed E-state index contributed by atoms with van der Waals surface area (Å²) in [5, 5.41) is 10.3. The maximum atomic E-state index is 10.3. The average Bonchev–Trinajstić information content (AvgIpc) is 2.67. The molecule has 0 unspecified atom stereocenters. The third-order valence-corrected chi connectivity index (χ3v) is 4.67. The van der Waals surface area contributed by atoms with Gasteiger partial charge in [0.15, 0.2) is 0 Å². The third-order valence-electron chi connectivity index (χ3n) is 4.67. The summed E-state index contributed by atoms with van der Waals surface area (Å²) in [5.74, 6) is 1.03. The maximum Gasteiger partial charge on any atom is 0.132 e. The number of benzene rings is 1. The normalized spacial score (nSPS) is 17.0. The Morgan fingerprint density at radius 1 is 1.08 bits per heavy atom. The van der Waals surface area contributed by atoms with E-state index in [0.29, 0.717) is 0 Å². The lowest BCUT2D eigenvalue weighted by atomic mass is 10.1. The number of aromatic nitrogens is 2. The highest BCUT2D eigenvalue weighted by Gasteiger charge is 2.19. The van der Waals surface area contributed by atoms with Gasteiger partial charge in [0.1, 0.15) is 12.1 Å². The van der Waals surface area contributed by atoms with Gasteiger partial charge in [0.05, 0.1) is 6.10 Å². The lowest BCUT2D eigenvalue weighted by Gasteiger charge is -2.35. The van der Waals surface area contributed by atoms with E-state index in [4.69, 9.17) is 0 Å². The minimum absolute atomic E-state index is 0.377. The highest BCUT2D eigenvalue weighted by atomic mass is 16.3. The topological polar surface area (TPSA) is 52.5 Å². The minimum atomic E-state index is -0.377. The van der Waals surface area contributed by atoms with Crippen molar-refractivity contribution in [3.8, 4) is 0 Å². The molecule has 0 spiro atoms. The molecule has 128 valence electrons. The zero-order chi connectivity index (χ0) is 16.8. The molecular weight excluding hydrogens is 300 g/mol. The van der Waals surface area contributed by atoms with Gasteiger partial charge in [-0.3, -0.25) is 4.90 Å². The molecule has 5 heteroatoms. The van der Waals surface area contributed by atoms with Gasteiger partial charge in [-0.05, 0) is 18.4 Å². The first-order valence-corrected chi connectivity index (χ1v) is 8.77. The van der Waals surface area contributed by atoms with Gasteiger partial charge in [-0.25, -0.2) is 9.97 Å². The van der Waals surface area contributed by atoms with Gasteiger partial charge in [0.25, 0.3) is 0 Å². The Labute approximate surface area is 144 Å². The van der Waals surface area contributed by atoms with Crippen LogP contribution < -0.4 is 4.90 Å². The van der Waals surface area contributed by atoms with E-state index in [1.54, 1.807) is 6.33 Å². The van der Waals surface area contributed by atoms with Gasteiger partial charge < -0.3 is 10.0 Å². The Hall–Kier alpha value is -1.98. The summed E-state index contributed by atoms with van der Waals surface area (Å²) in [4.78, 5) is 13.4. The van der Waals surface area contributed by atoms with Crippen molar-refractivity contribution >= 4 is 5.82 Å². The predicted octanol–water partition coefficient (Wildman–Crippen LogP) is 2.28. The van der Waals surface area contributed by atoms with Crippen LogP contribution in [0.5, 0.6) is 0 Å². The fourth-order valence-electron chi connectivity index (χ4n) is 3.10. The number of aryl methyl sites for hydroxylation is 1. The molecule has 2 aromatic rings. The SMILES string of the molecule is CCc1cc(N2CCN(CC[C@@H](O)c3ccccc3)CC2)ncn1. The first-order chi connectivity index (χ1) is 11.8. The highest BCUT2D eigenvalue weighted by Crippen LogP contribution is 2.18. The van der Waals surface area contributed by atoms with E-state index < -0.39 is 0 Å². The molecule has 2 heterocycles. The van der Waals surface area contributed by atoms with Gasteiger partial charge in [-0.1, -0.05) is 37.3 Å². The average molecular weight is 326 g/mol. The monoisotopic (exact) mass is 326 g/mol. The molecule has 1 atom stereocenters. The third kappa shape index (κ3) is 4.30. The Bertz CT molecular complexity index is 626. The molecule has 0 radical (unpaired) electrons. The molecule has 1 aliphatic heterocycles. The Morgan fingerprint density at radius 3 is 2.54 bits per heavy atom. The molecule has 1 N–H and O–H groups in total. The van der Waals surface area contributed by atoms with Crippen molar-refractivity contribution < 1.29 is 5.11 Å². The molecule has 0 aliphatic carbocycles. The van der Waals surface area contributed by atoms with Crippen LogP contribution in [-0.2, 0) is 6.42 Å². The fraction of sp³-hybridized carbons (Fsp3) is 0.474. The van der Waals surface area contributed by atoms with E-state index in [9.17, 15) is 5.11 Å². The van der Waals surface area contributed by atoms with Crippen LogP contribution in [0.25, 0.3) is 0 Å². The van der Waals surface area contributed by atoms with Crippen LogP contribution in [0.3, 0.4) is 0 Å². The van der Waals surface area contributed by atoms with Crippen LogP contribution in [0.4, 0.5) is 5.82 Å². The van der Waals surface area contributed by atoms with Crippen LogP contribution in [0.2, 0.25) is 0 Å². The van der Waals surface area contributed by atoms with Crippen molar-refractivity contribution in [2.75, 3.05) is 37.6 Å². The number of anilines is 1. The molecular formula is C19H26N4O. The molecule has 0 bridgehead atoms. The fourth-order valence-corrected chi connectivity index (χ4v) is 3.10. The van der Waals surface area contributed by atoms with Crippen molar-refractivity contribution in [2.45, 2.75) is 25.9 Å². The smallest absolute Gasteiger partial charge is 0.132 e. The summed E-state index contributed by atoms with van der Waals surface area (Å²) in [6.45, 7) is 7.00. The van der Waals surface area contributed by atoms with E-state index >= 15 is 0 Å². The summed E-state index contributed by atoms with van der Waals surface area (Å²) in [7, 11) is 0. The largest absolute Gasteiger partial charge is 0.388 e. The molecule has 0 amide bonds. The second kappa shape index (κ2) is 8.22. The molecule has 1 saturated heterocycles. The van der Waals surface area contributed by atoms with Crippen LogP contribution in [0.1, 0.15) is 30.7 Å². The Morgan fingerprint density at radius 2 is 1.83 bits per heavy atom. The molecule has 1 aromatic carbocycles. The Kier molecular flexibility index (Phi) is 5.77. The summed E-state index contributed by atoms with van der Waals surface area (Å²) < 4.78 is 0. The zero-order valence-corrected chi connectivity index (χ0v) is 14.3. The Balaban J connectivity index is 1.47. The highest BCUT2D eigenvalue weighted by molar-refractivity contribution is 5.39. The van der Waals surface area contributed by atoms with Crippen molar-refractivity contribution in [3.63, 3.8) is 0 Å². The minimum Gasteiger partial charge on any atom is -0.388 e. The number of hydrogen-bond acceptors (Lipinski definition) is 5. The van der Waals surface area contributed by atoms with Crippen molar-refractivity contribution in [2.24, 2.45) is 0 Å².